The van der Waals surface area contributed by atoms with Gasteiger partial charge in [-0.1, -0.05) is 5.16 Å². The summed E-state index contributed by atoms with van der Waals surface area (Å²) < 4.78 is 6.59. The molecule has 0 spiro atoms. The van der Waals surface area contributed by atoms with Crippen LogP contribution >= 0.6 is 0 Å². The molecular formula is C24H25N3O5. The van der Waals surface area contributed by atoms with Crippen molar-refractivity contribution in [2.45, 2.75) is 58.0 Å². The van der Waals surface area contributed by atoms with Crippen LogP contribution in [0.1, 0.15) is 67.0 Å². The second-order valence-electron chi connectivity index (χ2n) is 9.64. The summed E-state index contributed by atoms with van der Waals surface area (Å²) in [5.41, 5.74) is 3.58. The van der Waals surface area contributed by atoms with Gasteiger partial charge < -0.3 is 14.7 Å². The summed E-state index contributed by atoms with van der Waals surface area (Å²) in [5, 5.41) is 25.6. The van der Waals surface area contributed by atoms with Gasteiger partial charge in [0.25, 0.3) is 0 Å². The predicted octanol–water partition coefficient (Wildman–Crippen LogP) is 4.36. The van der Waals surface area contributed by atoms with Crippen molar-refractivity contribution in [3.8, 4) is 11.1 Å². The highest BCUT2D eigenvalue weighted by Gasteiger charge is 2.50. The van der Waals surface area contributed by atoms with E-state index >= 15 is 0 Å². The van der Waals surface area contributed by atoms with Crippen molar-refractivity contribution in [2.24, 2.45) is 17.8 Å². The van der Waals surface area contributed by atoms with Crippen molar-refractivity contribution in [2.75, 3.05) is 0 Å². The van der Waals surface area contributed by atoms with Crippen molar-refractivity contribution in [1.82, 2.24) is 14.7 Å². The SMILES string of the molecule is Cc1noc(C)c1-c1cc(C(O)C2C(=O)C3CCC2C3)c2nc(C3CC3)n(C(=O)O)c2c1. The Labute approximate surface area is 184 Å². The number of hydrogen-bond donors (Lipinski definition) is 2. The highest BCUT2D eigenvalue weighted by Crippen LogP contribution is 2.51. The lowest BCUT2D eigenvalue weighted by Crippen LogP contribution is -2.28. The van der Waals surface area contributed by atoms with Crippen molar-refractivity contribution < 1.29 is 24.3 Å². The van der Waals surface area contributed by atoms with E-state index in [-0.39, 0.29) is 23.5 Å². The van der Waals surface area contributed by atoms with E-state index in [9.17, 15) is 19.8 Å². The molecule has 166 valence electrons. The van der Waals surface area contributed by atoms with Crippen LogP contribution in [0.3, 0.4) is 0 Å². The van der Waals surface area contributed by atoms with Gasteiger partial charge in [-0.2, -0.15) is 0 Å². The predicted molar refractivity (Wildman–Crippen MR) is 114 cm³/mol. The third-order valence-electron chi connectivity index (χ3n) is 7.64. The molecule has 6 rings (SSSR count). The highest BCUT2D eigenvalue weighted by atomic mass is 16.5. The van der Waals surface area contributed by atoms with E-state index < -0.39 is 18.1 Å². The maximum absolute atomic E-state index is 12.9. The molecule has 0 radical (unpaired) electrons. The fourth-order valence-electron chi connectivity index (χ4n) is 6.01. The van der Waals surface area contributed by atoms with E-state index in [1.165, 1.54) is 4.57 Å². The van der Waals surface area contributed by atoms with Crippen molar-refractivity contribution in [1.29, 1.82) is 0 Å². The van der Waals surface area contributed by atoms with Crippen molar-refractivity contribution in [3.05, 3.63) is 35.0 Å². The molecule has 8 nitrogen and oxygen atoms in total. The lowest BCUT2D eigenvalue weighted by atomic mass is 9.80. The number of rotatable bonds is 4. The molecule has 3 fully saturated rings. The third-order valence-corrected chi connectivity index (χ3v) is 7.64. The molecule has 0 saturated heterocycles. The van der Waals surface area contributed by atoms with Crippen LogP contribution in [0.25, 0.3) is 22.2 Å². The number of aryl methyl sites for hydroxylation is 2. The summed E-state index contributed by atoms with van der Waals surface area (Å²) in [5.74, 6) is 1.11. The first-order chi connectivity index (χ1) is 15.3. The zero-order valence-electron chi connectivity index (χ0n) is 18.0. The molecule has 4 atom stereocenters. The van der Waals surface area contributed by atoms with Crippen LogP contribution in [-0.2, 0) is 4.79 Å². The summed E-state index contributed by atoms with van der Waals surface area (Å²) in [6, 6.07) is 3.63. The quantitative estimate of drug-likeness (QED) is 0.625. The zero-order valence-corrected chi connectivity index (χ0v) is 18.0. The number of imidazole rings is 1. The Morgan fingerprint density at radius 3 is 2.53 bits per heavy atom. The fourth-order valence-corrected chi connectivity index (χ4v) is 6.01. The topological polar surface area (TPSA) is 118 Å². The number of benzene rings is 1. The number of hydrogen-bond acceptors (Lipinski definition) is 6. The molecule has 4 unspecified atom stereocenters. The van der Waals surface area contributed by atoms with Crippen LogP contribution in [-0.4, -0.2) is 36.8 Å². The van der Waals surface area contributed by atoms with E-state index in [1.54, 1.807) is 13.0 Å². The standard InChI is InChI=1S/C24H25N3O5/c1-10-18(11(2)32-26-10)15-8-16(22(29)19-13-5-6-14(7-13)21(19)28)20-17(9-15)27(24(30)31)23(25-20)12-3-4-12/h8-9,12-14,19,22,29H,3-7H2,1-2H3,(H,30,31). The van der Waals surface area contributed by atoms with Crippen LogP contribution < -0.4 is 0 Å². The van der Waals surface area contributed by atoms with Gasteiger partial charge in [0.05, 0.1) is 28.7 Å². The van der Waals surface area contributed by atoms with E-state index in [0.29, 0.717) is 39.4 Å². The molecule has 3 saturated carbocycles. The maximum atomic E-state index is 12.9. The Hall–Kier alpha value is -3.00. The number of carboxylic acid groups (broad SMARTS) is 1. The number of aliphatic hydroxyl groups is 1. The van der Waals surface area contributed by atoms with Crippen LogP contribution in [0.15, 0.2) is 16.7 Å². The fraction of sp³-hybridized carbons (Fsp3) is 0.500. The minimum Gasteiger partial charge on any atom is -0.464 e. The second kappa shape index (κ2) is 6.75. The molecule has 8 heteroatoms. The molecular weight excluding hydrogens is 410 g/mol. The van der Waals surface area contributed by atoms with Gasteiger partial charge >= 0.3 is 6.09 Å². The van der Waals surface area contributed by atoms with Gasteiger partial charge in [0.15, 0.2) is 0 Å². The molecule has 0 amide bonds. The molecule has 2 N–H and O–H groups in total. The number of Topliss-reactive ketones (excluding diaryl/α,β-unsaturated/α-hetero) is 1. The Morgan fingerprint density at radius 1 is 1.19 bits per heavy atom. The zero-order chi connectivity index (χ0) is 22.3. The van der Waals surface area contributed by atoms with Crippen molar-refractivity contribution >= 4 is 22.9 Å². The summed E-state index contributed by atoms with van der Waals surface area (Å²) >= 11 is 0. The Balaban J connectivity index is 1.60. The molecule has 3 aliphatic carbocycles. The number of nitrogens with zero attached hydrogens (tertiary/aromatic N) is 3. The average molecular weight is 435 g/mol. The van der Waals surface area contributed by atoms with E-state index in [4.69, 9.17) is 9.51 Å². The van der Waals surface area contributed by atoms with Crippen molar-refractivity contribution in [3.63, 3.8) is 0 Å². The largest absolute Gasteiger partial charge is 0.464 e. The Kier molecular flexibility index (Phi) is 4.15. The summed E-state index contributed by atoms with van der Waals surface area (Å²) in [4.78, 5) is 29.9. The first kappa shape index (κ1) is 19.7. The minimum atomic E-state index is -1.10. The lowest BCUT2D eigenvalue weighted by molar-refractivity contribution is -0.129. The van der Waals surface area contributed by atoms with Crippen LogP contribution in [0, 0.1) is 31.6 Å². The monoisotopic (exact) mass is 435 g/mol. The molecule has 2 bridgehead atoms. The van der Waals surface area contributed by atoms with Crippen LogP contribution in [0.4, 0.5) is 4.79 Å². The molecule has 2 heterocycles. The van der Waals surface area contributed by atoms with Gasteiger partial charge in [-0.3, -0.25) is 4.79 Å². The summed E-state index contributed by atoms with van der Waals surface area (Å²) in [7, 11) is 0. The highest BCUT2D eigenvalue weighted by molar-refractivity contribution is 5.94. The maximum Gasteiger partial charge on any atom is 0.417 e. The van der Waals surface area contributed by atoms with Crippen LogP contribution in [0.5, 0.6) is 0 Å². The molecule has 3 aliphatic rings. The number of aromatic nitrogens is 3. The number of ketones is 1. The number of carbonyl (C=O) groups excluding carboxylic acids is 1. The van der Waals surface area contributed by atoms with Gasteiger partial charge in [-0.05, 0) is 69.6 Å². The number of fused-ring (bicyclic) bond motifs is 3. The lowest BCUT2D eigenvalue weighted by Gasteiger charge is -2.26. The van der Waals surface area contributed by atoms with Gasteiger partial charge in [0, 0.05) is 23.0 Å². The summed E-state index contributed by atoms with van der Waals surface area (Å²) in [6.07, 6.45) is 2.37. The third kappa shape index (κ3) is 2.71. The molecule has 2 aromatic heterocycles. The number of aliphatic hydroxyl groups excluding tert-OH is 1. The van der Waals surface area contributed by atoms with E-state index in [2.05, 4.69) is 5.16 Å². The average Bonchev–Trinajstić information content (AvgIpc) is 3.07. The molecule has 1 aromatic carbocycles. The second-order valence-corrected chi connectivity index (χ2v) is 9.64. The first-order valence-electron chi connectivity index (χ1n) is 11.3. The van der Waals surface area contributed by atoms with Gasteiger partial charge in [-0.25, -0.2) is 14.3 Å². The molecule has 3 aromatic rings. The summed E-state index contributed by atoms with van der Waals surface area (Å²) in [6.45, 7) is 3.63. The smallest absolute Gasteiger partial charge is 0.417 e. The van der Waals surface area contributed by atoms with Gasteiger partial charge in [-0.15, -0.1) is 0 Å². The Morgan fingerprint density at radius 2 is 1.94 bits per heavy atom. The molecule has 32 heavy (non-hydrogen) atoms. The molecule has 0 aliphatic heterocycles. The van der Waals surface area contributed by atoms with Gasteiger partial charge in [0.1, 0.15) is 17.4 Å². The normalized spacial score (nSPS) is 25.7. The number of carbonyl (C=O) groups is 2. The van der Waals surface area contributed by atoms with Crippen LogP contribution in [0.2, 0.25) is 0 Å². The van der Waals surface area contributed by atoms with E-state index in [0.717, 1.165) is 37.7 Å². The first-order valence-corrected chi connectivity index (χ1v) is 11.3. The minimum absolute atomic E-state index is 0.0412. The Bertz CT molecular complexity index is 1270. The van der Waals surface area contributed by atoms with E-state index in [1.807, 2.05) is 13.0 Å². The van der Waals surface area contributed by atoms with Gasteiger partial charge in [0.2, 0.25) is 0 Å².